The summed E-state index contributed by atoms with van der Waals surface area (Å²) in [5, 5.41) is 13.7. The number of aliphatic hydroxyl groups excluding tert-OH is 1. The lowest BCUT2D eigenvalue weighted by atomic mass is 9.64. The van der Waals surface area contributed by atoms with Crippen LogP contribution in [0.25, 0.3) is 0 Å². The Hall–Kier alpha value is -0.460. The lowest BCUT2D eigenvalue weighted by Crippen LogP contribution is -2.53. The molecule has 3 heterocycles. The quantitative estimate of drug-likeness (QED) is 0.589. The van der Waals surface area contributed by atoms with Gasteiger partial charge in [0.2, 0.25) is 6.41 Å². The van der Waals surface area contributed by atoms with Gasteiger partial charge in [0.25, 0.3) is 0 Å². The highest BCUT2D eigenvalue weighted by atomic mass is 16.6. The highest BCUT2D eigenvalue weighted by Gasteiger charge is 2.51. The van der Waals surface area contributed by atoms with Gasteiger partial charge in [0.1, 0.15) is 0 Å². The first kappa shape index (κ1) is 17.0. The number of hydrogen-bond acceptors (Lipinski definition) is 5. The van der Waals surface area contributed by atoms with Crippen LogP contribution in [0.15, 0.2) is 11.6 Å². The molecule has 4 rings (SSSR count). The van der Waals surface area contributed by atoms with Gasteiger partial charge in [-0.3, -0.25) is 9.80 Å². The van der Waals surface area contributed by atoms with Gasteiger partial charge in [0.15, 0.2) is 0 Å². The Kier molecular flexibility index (Phi) is 4.98. The van der Waals surface area contributed by atoms with E-state index in [1.807, 2.05) is 6.92 Å². The van der Waals surface area contributed by atoms with Gasteiger partial charge < -0.3 is 15.2 Å². The summed E-state index contributed by atoms with van der Waals surface area (Å²) in [7, 11) is 0. The number of nitrogens with one attached hydrogen (secondary N) is 1. The predicted molar refractivity (Wildman–Crippen MR) is 94.6 cm³/mol. The van der Waals surface area contributed by atoms with Crippen molar-refractivity contribution in [2.45, 2.75) is 63.9 Å². The van der Waals surface area contributed by atoms with E-state index in [1.165, 1.54) is 51.6 Å². The van der Waals surface area contributed by atoms with Gasteiger partial charge >= 0.3 is 0 Å². The highest BCUT2D eigenvalue weighted by Crippen LogP contribution is 2.50. The van der Waals surface area contributed by atoms with Crippen LogP contribution in [0.3, 0.4) is 0 Å². The molecule has 5 nitrogen and oxygen atoms in total. The maximum Gasteiger partial charge on any atom is 0.216 e. The minimum Gasteiger partial charge on any atom is -0.356 e. The largest absolute Gasteiger partial charge is 0.356 e. The van der Waals surface area contributed by atoms with Gasteiger partial charge in [-0.05, 0) is 57.4 Å². The van der Waals surface area contributed by atoms with Gasteiger partial charge in [-0.2, -0.15) is 0 Å². The Balaban J connectivity index is 1.25. The number of rotatable bonds is 5. The molecule has 3 fully saturated rings. The summed E-state index contributed by atoms with van der Waals surface area (Å²) in [4.78, 5) is 4.80. The van der Waals surface area contributed by atoms with Crippen molar-refractivity contribution in [2.24, 2.45) is 5.41 Å². The summed E-state index contributed by atoms with van der Waals surface area (Å²) in [5.74, 6) is 0. The van der Waals surface area contributed by atoms with Crippen LogP contribution in [0.4, 0.5) is 0 Å². The third kappa shape index (κ3) is 3.29. The van der Waals surface area contributed by atoms with Crippen LogP contribution in [-0.4, -0.2) is 72.7 Å². The molecule has 136 valence electrons. The Labute approximate surface area is 146 Å². The first-order valence-corrected chi connectivity index (χ1v) is 9.89. The molecule has 1 saturated carbocycles. The minimum absolute atomic E-state index is 0.444. The molecule has 1 spiro atoms. The van der Waals surface area contributed by atoms with Crippen LogP contribution in [0.2, 0.25) is 0 Å². The molecular weight excluding hydrogens is 302 g/mol. The Morgan fingerprint density at radius 1 is 1.42 bits per heavy atom. The van der Waals surface area contributed by atoms with Crippen molar-refractivity contribution in [3.05, 3.63) is 11.6 Å². The number of hydrogen-bond donors (Lipinski definition) is 2. The van der Waals surface area contributed by atoms with Gasteiger partial charge in [-0.1, -0.05) is 11.6 Å². The maximum absolute atomic E-state index is 10.0. The van der Waals surface area contributed by atoms with E-state index in [2.05, 4.69) is 21.2 Å². The van der Waals surface area contributed by atoms with Crippen LogP contribution in [0.1, 0.15) is 45.4 Å². The zero-order chi connectivity index (χ0) is 16.6. The molecular formula is C19H33N3O2. The first-order chi connectivity index (χ1) is 11.7. The van der Waals surface area contributed by atoms with Gasteiger partial charge in [0, 0.05) is 44.9 Å². The summed E-state index contributed by atoms with van der Waals surface area (Å²) in [6.45, 7) is 8.06. The van der Waals surface area contributed by atoms with Crippen molar-refractivity contribution in [3.8, 4) is 0 Å². The average molecular weight is 335 g/mol. The topological polar surface area (TPSA) is 48.0 Å². The fourth-order valence-electron chi connectivity index (χ4n) is 5.29. The molecule has 4 aliphatic rings. The molecule has 0 aromatic rings. The van der Waals surface area contributed by atoms with Crippen molar-refractivity contribution < 1.29 is 9.84 Å². The average Bonchev–Trinajstić information content (AvgIpc) is 3.24. The zero-order valence-corrected chi connectivity index (χ0v) is 15.0. The van der Waals surface area contributed by atoms with Crippen LogP contribution >= 0.6 is 0 Å². The Bertz CT molecular complexity index is 469. The Morgan fingerprint density at radius 2 is 2.29 bits per heavy atom. The molecule has 0 aromatic carbocycles. The van der Waals surface area contributed by atoms with Crippen molar-refractivity contribution in [3.63, 3.8) is 0 Å². The SMILES string of the molecule is CCOC(O)N1CCC2(CC(N3CC=C([C@@H]4CCCN4)CC3)C2)C1. The zero-order valence-electron chi connectivity index (χ0n) is 15.0. The van der Waals surface area contributed by atoms with E-state index < -0.39 is 6.41 Å². The van der Waals surface area contributed by atoms with Gasteiger partial charge in [0.05, 0.1) is 0 Å². The molecule has 0 radical (unpaired) electrons. The third-order valence-electron chi connectivity index (χ3n) is 6.73. The van der Waals surface area contributed by atoms with Crippen molar-refractivity contribution in [2.75, 3.05) is 39.3 Å². The Morgan fingerprint density at radius 3 is 2.96 bits per heavy atom. The third-order valence-corrected chi connectivity index (χ3v) is 6.73. The number of aliphatic hydroxyl groups is 1. The molecule has 3 aliphatic heterocycles. The van der Waals surface area contributed by atoms with E-state index in [0.717, 1.165) is 25.7 Å². The molecule has 5 heteroatoms. The summed E-state index contributed by atoms with van der Waals surface area (Å²) in [6.07, 6.45) is 9.52. The molecule has 1 unspecified atom stereocenters. The molecule has 1 aliphatic carbocycles. The number of nitrogens with zero attached hydrogens (tertiary/aromatic N) is 2. The fourth-order valence-corrected chi connectivity index (χ4v) is 5.29. The van der Waals surface area contributed by atoms with E-state index in [1.54, 1.807) is 5.57 Å². The fraction of sp³-hybridized carbons (Fsp3) is 0.895. The molecule has 2 saturated heterocycles. The monoisotopic (exact) mass is 335 g/mol. The smallest absolute Gasteiger partial charge is 0.216 e. The summed E-state index contributed by atoms with van der Waals surface area (Å²) in [6, 6.07) is 1.42. The summed E-state index contributed by atoms with van der Waals surface area (Å²) >= 11 is 0. The summed E-state index contributed by atoms with van der Waals surface area (Å²) in [5.41, 5.74) is 2.10. The molecule has 0 amide bonds. The van der Waals surface area contributed by atoms with E-state index in [4.69, 9.17) is 4.74 Å². The van der Waals surface area contributed by atoms with E-state index in [-0.39, 0.29) is 0 Å². The lowest BCUT2D eigenvalue weighted by molar-refractivity contribution is -0.188. The van der Waals surface area contributed by atoms with Crippen LogP contribution in [0, 0.1) is 5.41 Å². The van der Waals surface area contributed by atoms with Crippen molar-refractivity contribution >= 4 is 0 Å². The van der Waals surface area contributed by atoms with Crippen LogP contribution in [-0.2, 0) is 4.74 Å². The predicted octanol–water partition coefficient (Wildman–Crippen LogP) is 1.54. The van der Waals surface area contributed by atoms with Crippen molar-refractivity contribution in [1.82, 2.24) is 15.1 Å². The van der Waals surface area contributed by atoms with Gasteiger partial charge in [-0.15, -0.1) is 0 Å². The highest BCUT2D eigenvalue weighted by molar-refractivity contribution is 5.17. The van der Waals surface area contributed by atoms with E-state index in [0.29, 0.717) is 18.1 Å². The first-order valence-electron chi connectivity index (χ1n) is 9.89. The van der Waals surface area contributed by atoms with E-state index >= 15 is 0 Å². The van der Waals surface area contributed by atoms with E-state index in [9.17, 15) is 5.11 Å². The normalized spacial score (nSPS) is 39.2. The second kappa shape index (κ2) is 7.04. The molecule has 24 heavy (non-hydrogen) atoms. The molecule has 2 N–H and O–H groups in total. The van der Waals surface area contributed by atoms with Crippen molar-refractivity contribution in [1.29, 1.82) is 0 Å². The number of likely N-dealkylation sites (tertiary alicyclic amines) is 1. The molecule has 2 atom stereocenters. The minimum atomic E-state index is -0.701. The number of ether oxygens (including phenoxy) is 1. The van der Waals surface area contributed by atoms with Crippen LogP contribution < -0.4 is 5.32 Å². The second-order valence-electron chi connectivity index (χ2n) is 8.24. The molecule has 0 bridgehead atoms. The van der Waals surface area contributed by atoms with Gasteiger partial charge in [-0.25, -0.2) is 0 Å². The standard InChI is InChI=1S/C19H33N3O2/c1-2-24-18(23)22-11-7-19(14-22)12-16(13-19)21-9-5-15(6-10-21)17-4-3-8-20-17/h5,16-18,20,23H,2-4,6-14H2,1H3/t16?,17-,18?,19?/m0/s1. The maximum atomic E-state index is 10.0. The summed E-state index contributed by atoms with van der Waals surface area (Å²) < 4.78 is 5.35. The molecule has 0 aromatic heterocycles. The second-order valence-corrected chi connectivity index (χ2v) is 8.24. The lowest BCUT2D eigenvalue weighted by Gasteiger charge is -2.51. The van der Waals surface area contributed by atoms with Crippen LogP contribution in [0.5, 0.6) is 0 Å².